The predicted molar refractivity (Wildman–Crippen MR) is 477 cm³/mol. The molecule has 0 aliphatic carbocycles. The van der Waals surface area contributed by atoms with E-state index in [1.54, 1.807) is 6.92 Å². The summed E-state index contributed by atoms with van der Waals surface area (Å²) < 4.78 is 0. The Morgan fingerprint density at radius 2 is 0.492 bits per heavy atom. The molecular weight excluding hydrogens is 1630 g/mol. The third kappa shape index (κ3) is 53.2. The summed E-state index contributed by atoms with van der Waals surface area (Å²) in [7, 11) is 0. The van der Waals surface area contributed by atoms with Crippen LogP contribution in [-0.2, 0) is 62.3 Å². The fourth-order valence-corrected chi connectivity index (χ4v) is 13.4. The third-order valence-electron chi connectivity index (χ3n) is 18.9. The molecule has 0 saturated carbocycles. The van der Waals surface area contributed by atoms with Gasteiger partial charge in [0.1, 0.15) is 0 Å². The monoisotopic (exact) mass is 1760 g/mol. The van der Waals surface area contributed by atoms with Crippen molar-refractivity contribution in [1.82, 2.24) is 31.9 Å². The van der Waals surface area contributed by atoms with Crippen LogP contribution in [0.4, 0.5) is 0 Å². The smallest absolute Gasteiger partial charge is 0.224 e. The van der Waals surface area contributed by atoms with E-state index in [1.165, 1.54) is 18.7 Å². The van der Waals surface area contributed by atoms with Gasteiger partial charge in [0.2, 0.25) is 41.4 Å². The largest absolute Gasteiger partial charge is 0.370 e. The molecule has 690 valence electrons. The topological polar surface area (TPSA) is 900 Å². The second-order valence-corrected chi connectivity index (χ2v) is 30.7. The molecule has 47 nitrogen and oxygen atoms in total. The average molecular weight is 1760 g/mol. The SMILES string of the molecule is CSC[C@H](C)C(=O)N[C@@H](C)C(=O)CCC(=O)N[C@H](CCCN=C(N)N)C(=O)C[C@H](CCCN=C(N)N)C(=O)N[C@H](CCCN=C(N)N)C(=O)C[C@H](CCCN=C(N)N)C(=O)N[C@H](CCCN=C(N)N)C(=O)C[C@H](CCCN=C(N)N)C(=O)N[C@H](CCCN=C(N)N)C(=O)C[C@H](CCCN=C(N)N)C(=O)N[C@H](CCCN=C(N)N)C(=O)C[C@H](CS)C(N)=O. The summed E-state index contributed by atoms with van der Waals surface area (Å²) in [4.78, 5) is 222. The van der Waals surface area contributed by atoms with Crippen LogP contribution >= 0.6 is 24.4 Å². The highest BCUT2D eigenvalue weighted by Gasteiger charge is 2.37. The number of hydrogen-bond acceptors (Lipinski definition) is 24. The highest BCUT2D eigenvalue weighted by Crippen LogP contribution is 2.24. The van der Waals surface area contributed by atoms with Gasteiger partial charge in [-0.3, -0.25) is 107 Å². The first kappa shape index (κ1) is 110. The molecule has 0 aliphatic heterocycles. The lowest BCUT2D eigenvalue weighted by Crippen LogP contribution is -2.49. The van der Waals surface area contributed by atoms with Crippen molar-refractivity contribution in [3.8, 4) is 0 Å². The number of nitrogens with zero attached hydrogens (tertiary/aromatic N) is 9. The zero-order chi connectivity index (χ0) is 92.4. The number of amides is 7. The predicted octanol–water partition coefficient (Wildman–Crippen LogP) is -7.96. The number of ketones is 6. The molecule has 0 heterocycles. The second kappa shape index (κ2) is 63.4. The lowest BCUT2D eigenvalue weighted by Gasteiger charge is -2.27. The molecule has 44 N–H and O–H groups in total. The normalized spacial score (nSPS) is 13.8. The molecule has 0 fully saturated rings. The Morgan fingerprint density at radius 3 is 0.697 bits per heavy atom. The van der Waals surface area contributed by atoms with Crippen LogP contribution in [-0.4, -0.2) is 243 Å². The Bertz CT molecular complexity index is 3620. The fraction of sp³-hybridized carbons (Fsp3) is 0.699. The number of nitrogens with one attached hydrogen (secondary N) is 6. The highest BCUT2D eigenvalue weighted by atomic mass is 32.2. The maximum atomic E-state index is 15.2. The average Bonchev–Trinajstić information content (AvgIpc) is 0.848. The molecule has 0 rings (SSSR count). The van der Waals surface area contributed by atoms with Gasteiger partial charge in [0.15, 0.2) is 88.3 Å². The van der Waals surface area contributed by atoms with Gasteiger partial charge in [0, 0.05) is 145 Å². The minimum Gasteiger partial charge on any atom is -0.370 e. The standard InChI is InChI=1S/C73H138N34O13S2/c1-40(39-122-3)60(116)102-41(2)52(108)22-23-58(114)103-47(17-8-28-97-69(83)84)53(109)33-42(13-4-24-93-65(75)76)61(117)104-48(18-9-29-98-70(85)86)54(110)34-43(14-5-25-94-66(77)78)62(118)105-49(19-10-30-99-71(87)88)55(111)35-44(15-6-26-95-67(79)80)63(119)106-50(20-11-31-100-72(89)90)56(112)36-45(16-7-27-96-68(81)82)64(120)107-51(21-12-32-101-73(91)92)57(113)37-46(38-121)59(74)115/h40-51,121H,4-39H2,1-3H3,(H2,74,115)(H,102,116)(H,103,114)(H,104,117)(H,105,118)(H,106,119)(H,107,120)(H4,75,76,93)(H4,77,78,94)(H4,79,80,95)(H4,81,82,96)(H4,83,84,97)(H4,85,86,98)(H4,87,88,99)(H4,89,90,100)(H4,91,92,101)/t40-,41-,42-,43-,44-,45-,46+,47+,48+,49+,50+,51+/m0/s1. The number of hydrogen-bond donors (Lipinski definition) is 26. The van der Waals surface area contributed by atoms with Crippen molar-refractivity contribution in [1.29, 1.82) is 0 Å². The summed E-state index contributed by atoms with van der Waals surface area (Å²) >= 11 is 5.63. The molecule has 0 aliphatic rings. The van der Waals surface area contributed by atoms with E-state index < -0.39 is 174 Å². The molecule has 0 aromatic heterocycles. The summed E-state index contributed by atoms with van der Waals surface area (Å²) in [5.74, 6) is -17.5. The summed E-state index contributed by atoms with van der Waals surface area (Å²) in [5, 5.41) is 16.4. The van der Waals surface area contributed by atoms with E-state index >= 15 is 19.2 Å². The first-order valence-corrected chi connectivity index (χ1v) is 42.4. The van der Waals surface area contributed by atoms with E-state index in [4.69, 9.17) is 109 Å². The maximum absolute atomic E-state index is 15.2. The third-order valence-corrected chi connectivity index (χ3v) is 20.2. The minimum absolute atomic E-state index is 0.00390. The molecule has 49 heteroatoms. The summed E-state index contributed by atoms with van der Waals surface area (Å²) in [5.41, 5.74) is 107. The van der Waals surface area contributed by atoms with Gasteiger partial charge in [-0.05, 0) is 129 Å². The van der Waals surface area contributed by atoms with Crippen molar-refractivity contribution < 1.29 is 62.3 Å². The Labute approximate surface area is 721 Å². The van der Waals surface area contributed by atoms with Crippen LogP contribution in [0.1, 0.15) is 174 Å². The summed E-state index contributed by atoms with van der Waals surface area (Å²) in [6.45, 7) is 3.03. The fourth-order valence-electron chi connectivity index (χ4n) is 12.4. The molecule has 0 radical (unpaired) electrons. The Balaban J connectivity index is 8.14. The van der Waals surface area contributed by atoms with Gasteiger partial charge in [-0.25, -0.2) is 0 Å². The summed E-state index contributed by atoms with van der Waals surface area (Å²) in [6.07, 6.45) is -1.64. The molecule has 122 heavy (non-hydrogen) atoms. The number of carbonyl (C=O) groups is 13. The number of aliphatic imine (C=N–C) groups is 9. The van der Waals surface area contributed by atoms with Crippen molar-refractivity contribution in [2.75, 3.05) is 76.7 Å². The van der Waals surface area contributed by atoms with Crippen LogP contribution in [0.25, 0.3) is 0 Å². The molecule has 0 unspecified atom stereocenters. The van der Waals surface area contributed by atoms with Crippen LogP contribution in [0.5, 0.6) is 0 Å². The highest BCUT2D eigenvalue weighted by molar-refractivity contribution is 7.98. The zero-order valence-electron chi connectivity index (χ0n) is 70.5. The molecule has 12 atom stereocenters. The van der Waals surface area contributed by atoms with Gasteiger partial charge in [0.25, 0.3) is 0 Å². The molecule has 0 saturated heterocycles. The Kier molecular flexibility index (Phi) is 57.4. The van der Waals surface area contributed by atoms with Crippen molar-refractivity contribution in [3.05, 3.63) is 0 Å². The van der Waals surface area contributed by atoms with Crippen LogP contribution < -0.4 is 141 Å². The van der Waals surface area contributed by atoms with Gasteiger partial charge in [-0.1, -0.05) is 6.92 Å². The number of carbonyl (C=O) groups excluding carboxylic acids is 13. The maximum Gasteiger partial charge on any atom is 0.224 e. The van der Waals surface area contributed by atoms with Crippen LogP contribution in [0, 0.1) is 35.5 Å². The van der Waals surface area contributed by atoms with E-state index in [0.717, 1.165) is 0 Å². The molecule has 0 aromatic rings. The van der Waals surface area contributed by atoms with E-state index in [1.807, 2.05) is 6.26 Å². The first-order valence-electron chi connectivity index (χ1n) is 40.4. The zero-order valence-corrected chi connectivity index (χ0v) is 72.3. The molecular formula is C73H138N34O13S2. The number of guanidine groups is 9. The van der Waals surface area contributed by atoms with E-state index in [9.17, 15) is 43.2 Å². The van der Waals surface area contributed by atoms with E-state index in [0.29, 0.717) is 5.75 Å². The Hall–Kier alpha value is -11.6. The quantitative estimate of drug-likeness (QED) is 0.0116. The van der Waals surface area contributed by atoms with Crippen LogP contribution in [0.3, 0.4) is 0 Å². The van der Waals surface area contributed by atoms with E-state index in [2.05, 4.69) is 89.5 Å². The number of thioether (sulfide) groups is 1. The lowest BCUT2D eigenvalue weighted by atomic mass is 9.88. The number of Topliss-reactive ketones (excluding diaryl/α,β-unsaturated/α-hetero) is 6. The van der Waals surface area contributed by atoms with E-state index in [-0.39, 0.29) is 253 Å². The number of nitrogens with two attached hydrogens (primary N) is 19. The van der Waals surface area contributed by atoms with Crippen molar-refractivity contribution in [2.45, 2.75) is 211 Å². The van der Waals surface area contributed by atoms with Gasteiger partial charge in [0.05, 0.1) is 42.2 Å². The molecule has 7 amide bonds. The molecule has 0 bridgehead atoms. The molecule has 0 spiro atoms. The van der Waals surface area contributed by atoms with Gasteiger partial charge in [-0.2, -0.15) is 24.4 Å². The minimum atomic E-state index is -1.46. The Morgan fingerprint density at radius 1 is 0.279 bits per heavy atom. The van der Waals surface area contributed by atoms with Crippen molar-refractivity contribution in [2.24, 2.45) is 189 Å². The molecule has 0 aromatic carbocycles. The van der Waals surface area contributed by atoms with Crippen LogP contribution in [0.15, 0.2) is 44.9 Å². The second-order valence-electron chi connectivity index (χ2n) is 29.4. The first-order chi connectivity index (χ1) is 57.5. The van der Waals surface area contributed by atoms with Crippen molar-refractivity contribution >= 4 is 154 Å². The number of thiol groups is 1. The van der Waals surface area contributed by atoms with Crippen molar-refractivity contribution in [3.63, 3.8) is 0 Å². The number of primary amides is 1. The lowest BCUT2D eigenvalue weighted by molar-refractivity contribution is -0.136. The van der Waals surface area contributed by atoms with Crippen LogP contribution in [0.2, 0.25) is 0 Å². The summed E-state index contributed by atoms with van der Waals surface area (Å²) in [6, 6.07) is -7.76. The number of rotatable bonds is 70. The van der Waals surface area contributed by atoms with Gasteiger partial charge in [-0.15, -0.1) is 0 Å². The van der Waals surface area contributed by atoms with Gasteiger partial charge >= 0.3 is 0 Å². The van der Waals surface area contributed by atoms with Gasteiger partial charge < -0.3 is 141 Å².